The summed E-state index contributed by atoms with van der Waals surface area (Å²) in [7, 11) is 1.57. The number of carbonyl (C=O) groups excluding carboxylic acids is 1. The number of epoxide rings is 1. The minimum Gasteiger partial charge on any atom is -0.496 e. The first-order valence-corrected chi connectivity index (χ1v) is 5.09. The van der Waals surface area contributed by atoms with Crippen LogP contribution in [0.5, 0.6) is 5.75 Å². The second kappa shape index (κ2) is 4.03. The Bertz CT molecular complexity index is 380. The lowest BCUT2D eigenvalue weighted by atomic mass is 10.0. The van der Waals surface area contributed by atoms with Crippen LogP contribution in [0, 0.1) is 0 Å². The van der Waals surface area contributed by atoms with Crippen molar-refractivity contribution in [1.29, 1.82) is 0 Å². The quantitative estimate of drug-likeness (QED) is 0.557. The number of methoxy groups -OCH3 is 1. The lowest BCUT2D eigenvalue weighted by Crippen LogP contribution is -2.09. The number of carbonyl (C=O) groups is 1. The monoisotopic (exact) mass is 206 g/mol. The number of rotatable bonds is 4. The summed E-state index contributed by atoms with van der Waals surface area (Å²) in [6.07, 6.45) is 0.668. The molecule has 0 N–H and O–H groups in total. The van der Waals surface area contributed by atoms with E-state index >= 15 is 0 Å². The first-order valence-electron chi connectivity index (χ1n) is 5.09. The molecule has 0 radical (unpaired) electrons. The molecule has 15 heavy (non-hydrogen) atoms. The Kier molecular flexibility index (Phi) is 2.73. The zero-order valence-corrected chi connectivity index (χ0v) is 8.95. The Hall–Kier alpha value is -1.35. The van der Waals surface area contributed by atoms with Crippen LogP contribution in [0.2, 0.25) is 0 Å². The largest absolute Gasteiger partial charge is 0.496 e. The first-order chi connectivity index (χ1) is 7.26. The molecule has 0 aromatic heterocycles. The van der Waals surface area contributed by atoms with Crippen molar-refractivity contribution < 1.29 is 14.3 Å². The molecule has 1 fully saturated rings. The molecule has 1 aromatic carbocycles. The third-order valence-corrected chi connectivity index (χ3v) is 2.56. The van der Waals surface area contributed by atoms with Gasteiger partial charge >= 0.3 is 0 Å². The fourth-order valence-corrected chi connectivity index (χ4v) is 1.54. The molecule has 1 aliphatic rings. The van der Waals surface area contributed by atoms with Crippen molar-refractivity contribution in [2.75, 3.05) is 13.7 Å². The van der Waals surface area contributed by atoms with E-state index in [4.69, 9.17) is 9.47 Å². The maximum absolute atomic E-state index is 11.8. The predicted octanol–water partition coefficient (Wildman–Crippen LogP) is 1.84. The summed E-state index contributed by atoms with van der Waals surface area (Å²) in [5, 5.41) is 0. The van der Waals surface area contributed by atoms with Gasteiger partial charge in [0.05, 0.1) is 19.3 Å². The van der Waals surface area contributed by atoms with Crippen LogP contribution >= 0.6 is 0 Å². The molecule has 1 aliphatic heterocycles. The number of ether oxygens (including phenoxy) is 2. The Morgan fingerprint density at radius 1 is 1.60 bits per heavy atom. The maximum atomic E-state index is 11.8. The lowest BCUT2D eigenvalue weighted by Gasteiger charge is -2.07. The summed E-state index contributed by atoms with van der Waals surface area (Å²) in [6.45, 7) is 2.60. The second-order valence-corrected chi connectivity index (χ2v) is 3.57. The molecule has 2 rings (SSSR count). The molecule has 1 atom stereocenters. The van der Waals surface area contributed by atoms with Gasteiger partial charge < -0.3 is 9.47 Å². The number of hydrogen-bond acceptors (Lipinski definition) is 3. The van der Waals surface area contributed by atoms with E-state index in [2.05, 4.69) is 6.92 Å². The van der Waals surface area contributed by atoms with Crippen LogP contribution in [-0.2, 0) is 11.2 Å². The highest BCUT2D eigenvalue weighted by Gasteiger charge is 2.33. The summed E-state index contributed by atoms with van der Waals surface area (Å²) in [5.74, 6) is 0.662. The summed E-state index contributed by atoms with van der Waals surface area (Å²) < 4.78 is 10.2. The number of hydrogen-bond donors (Lipinski definition) is 0. The molecule has 3 nitrogen and oxygen atoms in total. The van der Waals surface area contributed by atoms with Crippen molar-refractivity contribution in [3.63, 3.8) is 0 Å². The van der Waals surface area contributed by atoms with Gasteiger partial charge in [-0.05, 0) is 24.1 Å². The maximum Gasteiger partial charge on any atom is 0.197 e. The average Bonchev–Trinajstić information content (AvgIpc) is 3.11. The molecule has 1 saturated heterocycles. The van der Waals surface area contributed by atoms with E-state index in [0.29, 0.717) is 17.9 Å². The third-order valence-electron chi connectivity index (χ3n) is 2.56. The van der Waals surface area contributed by atoms with Gasteiger partial charge in [-0.25, -0.2) is 0 Å². The first kappa shape index (κ1) is 10.2. The minimum absolute atomic E-state index is 0.0298. The number of Topliss-reactive ketones (excluding diaryl/α,β-unsaturated/α-hetero) is 1. The van der Waals surface area contributed by atoms with Crippen molar-refractivity contribution in [3.8, 4) is 5.75 Å². The lowest BCUT2D eigenvalue weighted by molar-refractivity contribution is 0.0950. The number of aryl methyl sites for hydroxylation is 1. The summed E-state index contributed by atoms with van der Waals surface area (Å²) in [4.78, 5) is 11.8. The molecule has 0 bridgehead atoms. The van der Waals surface area contributed by atoms with Crippen LogP contribution < -0.4 is 4.74 Å². The van der Waals surface area contributed by atoms with Gasteiger partial charge in [0.2, 0.25) is 0 Å². The smallest absolute Gasteiger partial charge is 0.197 e. The molecular weight excluding hydrogens is 192 g/mol. The highest BCUT2D eigenvalue weighted by atomic mass is 16.6. The molecule has 0 amide bonds. The Morgan fingerprint density at radius 3 is 2.87 bits per heavy atom. The predicted molar refractivity (Wildman–Crippen MR) is 56.4 cm³/mol. The summed E-state index contributed by atoms with van der Waals surface area (Å²) in [6, 6.07) is 5.71. The fourth-order valence-electron chi connectivity index (χ4n) is 1.54. The molecule has 3 heteroatoms. The highest BCUT2D eigenvalue weighted by Crippen LogP contribution is 2.25. The van der Waals surface area contributed by atoms with Crippen LogP contribution in [-0.4, -0.2) is 25.6 Å². The van der Waals surface area contributed by atoms with Gasteiger partial charge in [-0.2, -0.15) is 0 Å². The minimum atomic E-state index is -0.244. The van der Waals surface area contributed by atoms with Gasteiger partial charge in [0, 0.05) is 0 Å². The summed E-state index contributed by atoms with van der Waals surface area (Å²) in [5.41, 5.74) is 1.78. The van der Waals surface area contributed by atoms with Gasteiger partial charge in [0.1, 0.15) is 11.9 Å². The van der Waals surface area contributed by atoms with Gasteiger partial charge in [-0.15, -0.1) is 0 Å². The molecular formula is C12H14O3. The molecule has 0 aliphatic carbocycles. The van der Waals surface area contributed by atoms with Gasteiger partial charge in [0.25, 0.3) is 0 Å². The standard InChI is InChI=1S/C12H14O3/c1-3-8-4-5-10(14-2)9(6-8)12(13)11-7-15-11/h4-6,11H,3,7H2,1-2H3. The van der Waals surface area contributed by atoms with E-state index in [1.54, 1.807) is 7.11 Å². The van der Waals surface area contributed by atoms with E-state index in [1.165, 1.54) is 0 Å². The molecule has 80 valence electrons. The third kappa shape index (κ3) is 2.02. The van der Waals surface area contributed by atoms with Gasteiger partial charge in [-0.3, -0.25) is 4.79 Å². The van der Waals surface area contributed by atoms with Crippen molar-refractivity contribution >= 4 is 5.78 Å². The number of benzene rings is 1. The van der Waals surface area contributed by atoms with Crippen molar-refractivity contribution in [2.45, 2.75) is 19.4 Å². The molecule has 1 heterocycles. The molecule has 1 aromatic rings. The van der Waals surface area contributed by atoms with Crippen molar-refractivity contribution in [3.05, 3.63) is 29.3 Å². The Balaban J connectivity index is 2.36. The zero-order valence-electron chi connectivity index (χ0n) is 8.95. The van der Waals surface area contributed by atoms with E-state index < -0.39 is 0 Å². The van der Waals surface area contributed by atoms with Crippen molar-refractivity contribution in [1.82, 2.24) is 0 Å². The van der Waals surface area contributed by atoms with Crippen LogP contribution in [0.4, 0.5) is 0 Å². The Labute approximate surface area is 89.0 Å². The van der Waals surface area contributed by atoms with Crippen LogP contribution in [0.1, 0.15) is 22.8 Å². The second-order valence-electron chi connectivity index (χ2n) is 3.57. The van der Waals surface area contributed by atoms with Gasteiger partial charge in [0.15, 0.2) is 5.78 Å². The van der Waals surface area contributed by atoms with E-state index in [-0.39, 0.29) is 11.9 Å². The average molecular weight is 206 g/mol. The summed E-state index contributed by atoms with van der Waals surface area (Å²) >= 11 is 0. The zero-order chi connectivity index (χ0) is 10.8. The highest BCUT2D eigenvalue weighted by molar-refractivity contribution is 6.03. The number of ketones is 1. The molecule has 0 spiro atoms. The van der Waals surface area contributed by atoms with Crippen LogP contribution in [0.3, 0.4) is 0 Å². The van der Waals surface area contributed by atoms with E-state index in [1.807, 2.05) is 18.2 Å². The van der Waals surface area contributed by atoms with Crippen molar-refractivity contribution in [2.24, 2.45) is 0 Å². The van der Waals surface area contributed by atoms with Crippen LogP contribution in [0.15, 0.2) is 18.2 Å². The normalized spacial score (nSPS) is 18.7. The van der Waals surface area contributed by atoms with Crippen LogP contribution in [0.25, 0.3) is 0 Å². The van der Waals surface area contributed by atoms with E-state index in [9.17, 15) is 4.79 Å². The SMILES string of the molecule is CCc1ccc(OC)c(C(=O)C2CO2)c1. The molecule has 0 saturated carbocycles. The fraction of sp³-hybridized carbons (Fsp3) is 0.417. The van der Waals surface area contributed by atoms with E-state index in [0.717, 1.165) is 12.0 Å². The Morgan fingerprint density at radius 2 is 2.33 bits per heavy atom. The topological polar surface area (TPSA) is 38.8 Å². The van der Waals surface area contributed by atoms with Gasteiger partial charge in [-0.1, -0.05) is 13.0 Å². The molecule has 1 unspecified atom stereocenters.